The predicted molar refractivity (Wildman–Crippen MR) is 154 cm³/mol. The second-order valence-corrected chi connectivity index (χ2v) is 11.2. The molecule has 0 bridgehead atoms. The standard InChI is InChI=1S/C26H25Cl3N4O3S/c1-16(2)22(23(35)36)33(25(37)31-19-12-6-10-18-11-7-15-30-21(18)19)24(26(27,28)29)32-20(34)14-13-17-8-4-3-5-9-17/h3-16,22,24H,1-2H3,(H,31,37)(H,32,34)(H,35,36)/b14-13+/t22-,24?/m0/s1. The van der Waals surface area contributed by atoms with E-state index in [1.54, 1.807) is 44.3 Å². The summed E-state index contributed by atoms with van der Waals surface area (Å²) in [6.07, 6.45) is 3.06. The molecule has 0 aliphatic rings. The maximum atomic E-state index is 12.9. The lowest BCUT2D eigenvalue weighted by Gasteiger charge is -2.42. The first-order valence-electron chi connectivity index (χ1n) is 11.2. The molecule has 0 aliphatic heterocycles. The van der Waals surface area contributed by atoms with Gasteiger partial charge in [0.25, 0.3) is 0 Å². The van der Waals surface area contributed by atoms with Crippen LogP contribution in [0.1, 0.15) is 19.4 Å². The molecule has 1 aromatic heterocycles. The number of nitrogens with one attached hydrogen (secondary N) is 2. The highest BCUT2D eigenvalue weighted by Gasteiger charge is 2.45. The molecular weight excluding hydrogens is 555 g/mol. The Morgan fingerprint density at radius 2 is 1.73 bits per heavy atom. The van der Waals surface area contributed by atoms with E-state index in [2.05, 4.69) is 15.6 Å². The predicted octanol–water partition coefficient (Wildman–Crippen LogP) is 5.87. The first-order chi connectivity index (χ1) is 17.5. The van der Waals surface area contributed by atoms with E-state index >= 15 is 0 Å². The summed E-state index contributed by atoms with van der Waals surface area (Å²) in [5.41, 5.74) is 1.93. The maximum Gasteiger partial charge on any atom is 0.326 e. The zero-order valence-corrected chi connectivity index (χ0v) is 23.0. The summed E-state index contributed by atoms with van der Waals surface area (Å²) in [5.74, 6) is -2.29. The lowest BCUT2D eigenvalue weighted by molar-refractivity contribution is -0.144. The number of carboxylic acids is 1. The highest BCUT2D eigenvalue weighted by atomic mass is 35.6. The molecule has 0 spiro atoms. The van der Waals surface area contributed by atoms with Crippen LogP contribution >= 0.6 is 47.0 Å². The molecule has 37 heavy (non-hydrogen) atoms. The second kappa shape index (κ2) is 12.6. The van der Waals surface area contributed by atoms with Crippen LogP contribution in [0.25, 0.3) is 17.0 Å². The topological polar surface area (TPSA) is 94.6 Å². The number of hydrogen-bond donors (Lipinski definition) is 3. The van der Waals surface area contributed by atoms with Crippen molar-refractivity contribution in [2.75, 3.05) is 5.32 Å². The van der Waals surface area contributed by atoms with Crippen LogP contribution in [-0.4, -0.2) is 48.0 Å². The van der Waals surface area contributed by atoms with Crippen molar-refractivity contribution in [3.05, 3.63) is 78.5 Å². The monoisotopic (exact) mass is 578 g/mol. The number of alkyl halides is 3. The van der Waals surface area contributed by atoms with Crippen molar-refractivity contribution in [1.82, 2.24) is 15.2 Å². The van der Waals surface area contributed by atoms with Gasteiger partial charge in [0.1, 0.15) is 6.04 Å². The number of benzene rings is 2. The number of amides is 1. The maximum absolute atomic E-state index is 12.9. The van der Waals surface area contributed by atoms with Crippen molar-refractivity contribution < 1.29 is 14.7 Å². The Morgan fingerprint density at radius 1 is 1.05 bits per heavy atom. The van der Waals surface area contributed by atoms with Gasteiger partial charge in [0.05, 0.1) is 11.2 Å². The van der Waals surface area contributed by atoms with Crippen molar-refractivity contribution >= 4 is 86.7 Å². The number of carbonyl (C=O) groups excluding carboxylic acids is 1. The summed E-state index contributed by atoms with van der Waals surface area (Å²) < 4.78 is -2.15. The van der Waals surface area contributed by atoms with E-state index in [0.29, 0.717) is 11.2 Å². The van der Waals surface area contributed by atoms with Crippen LogP contribution < -0.4 is 10.6 Å². The Labute approximate surface area is 235 Å². The zero-order valence-electron chi connectivity index (χ0n) is 19.9. The molecule has 1 amide bonds. The lowest BCUT2D eigenvalue weighted by Crippen LogP contribution is -2.64. The SMILES string of the molecule is CC(C)[C@@H](C(=O)O)N(C(=S)Nc1cccc2cccnc12)C(NC(=O)/C=C/c1ccccc1)C(Cl)(Cl)Cl. The third kappa shape index (κ3) is 7.55. The number of anilines is 1. The van der Waals surface area contributed by atoms with Crippen molar-refractivity contribution in [3.63, 3.8) is 0 Å². The van der Waals surface area contributed by atoms with Gasteiger partial charge in [0, 0.05) is 17.7 Å². The minimum Gasteiger partial charge on any atom is -0.480 e. The van der Waals surface area contributed by atoms with E-state index < -0.39 is 33.8 Å². The summed E-state index contributed by atoms with van der Waals surface area (Å²) in [7, 11) is 0. The molecule has 0 saturated heterocycles. The third-order valence-electron chi connectivity index (χ3n) is 5.39. The largest absolute Gasteiger partial charge is 0.480 e. The average Bonchev–Trinajstić information content (AvgIpc) is 2.84. The molecule has 0 aliphatic carbocycles. The summed E-state index contributed by atoms with van der Waals surface area (Å²) in [6.45, 7) is 3.39. The number of aliphatic carboxylic acids is 1. The van der Waals surface area contributed by atoms with Gasteiger partial charge in [-0.05, 0) is 41.9 Å². The Kier molecular flexibility index (Phi) is 9.73. The van der Waals surface area contributed by atoms with Gasteiger partial charge in [-0.2, -0.15) is 0 Å². The normalized spacial score (nSPS) is 13.4. The number of pyridine rings is 1. The summed E-state index contributed by atoms with van der Waals surface area (Å²) >= 11 is 24.6. The van der Waals surface area contributed by atoms with Crippen LogP contribution in [0.3, 0.4) is 0 Å². The molecule has 194 valence electrons. The number of hydrogen-bond acceptors (Lipinski definition) is 4. The van der Waals surface area contributed by atoms with Gasteiger partial charge in [-0.1, -0.05) is 97.2 Å². The molecule has 2 aromatic carbocycles. The highest BCUT2D eigenvalue weighted by Crippen LogP contribution is 2.35. The van der Waals surface area contributed by atoms with Crippen LogP contribution in [-0.2, 0) is 9.59 Å². The molecular formula is C26H25Cl3N4O3S. The molecule has 0 radical (unpaired) electrons. The fourth-order valence-electron chi connectivity index (χ4n) is 3.74. The smallest absolute Gasteiger partial charge is 0.326 e. The molecule has 1 unspecified atom stereocenters. The van der Waals surface area contributed by atoms with Gasteiger partial charge in [-0.15, -0.1) is 0 Å². The number of para-hydroxylation sites is 1. The quantitative estimate of drug-likeness (QED) is 0.133. The minimum absolute atomic E-state index is 0.0667. The van der Waals surface area contributed by atoms with Gasteiger partial charge < -0.3 is 20.6 Å². The van der Waals surface area contributed by atoms with E-state index in [0.717, 1.165) is 10.9 Å². The first kappa shape index (κ1) is 28.7. The third-order valence-corrected chi connectivity index (χ3v) is 6.32. The van der Waals surface area contributed by atoms with E-state index in [1.807, 2.05) is 42.5 Å². The van der Waals surface area contributed by atoms with E-state index in [4.69, 9.17) is 47.0 Å². The fraction of sp³-hybridized carbons (Fsp3) is 0.231. The minimum atomic E-state index is -2.15. The first-order valence-corrected chi connectivity index (χ1v) is 12.8. The molecule has 2 atom stereocenters. The molecule has 3 rings (SSSR count). The van der Waals surface area contributed by atoms with Crippen molar-refractivity contribution in [1.29, 1.82) is 0 Å². The number of thiocarbonyl (C=S) groups is 1. The second-order valence-electron chi connectivity index (χ2n) is 8.44. The number of aromatic nitrogens is 1. The van der Waals surface area contributed by atoms with Crippen molar-refractivity contribution in [2.45, 2.75) is 29.8 Å². The summed E-state index contributed by atoms with van der Waals surface area (Å²) in [6, 6.07) is 17.0. The van der Waals surface area contributed by atoms with E-state index in [-0.39, 0.29) is 5.11 Å². The lowest BCUT2D eigenvalue weighted by atomic mass is 10.0. The number of nitrogens with zero attached hydrogens (tertiary/aromatic N) is 2. The molecule has 1 heterocycles. The van der Waals surface area contributed by atoms with Gasteiger partial charge >= 0.3 is 5.97 Å². The van der Waals surface area contributed by atoms with Crippen molar-refractivity contribution in [3.8, 4) is 0 Å². The summed E-state index contributed by atoms with van der Waals surface area (Å²) in [4.78, 5) is 30.8. The number of halogens is 3. The van der Waals surface area contributed by atoms with Crippen LogP contribution in [0.4, 0.5) is 5.69 Å². The van der Waals surface area contributed by atoms with Crippen LogP contribution in [0.15, 0.2) is 72.9 Å². The number of carboxylic acid groups (broad SMARTS) is 1. The Balaban J connectivity index is 1.99. The Morgan fingerprint density at radius 3 is 2.35 bits per heavy atom. The molecule has 0 saturated carbocycles. The molecule has 7 nitrogen and oxygen atoms in total. The van der Waals surface area contributed by atoms with Gasteiger partial charge in [-0.3, -0.25) is 9.78 Å². The van der Waals surface area contributed by atoms with Gasteiger partial charge in [-0.25, -0.2) is 4.79 Å². The highest BCUT2D eigenvalue weighted by molar-refractivity contribution is 7.80. The van der Waals surface area contributed by atoms with E-state index in [9.17, 15) is 14.7 Å². The molecule has 3 aromatic rings. The number of fused-ring (bicyclic) bond motifs is 1. The van der Waals surface area contributed by atoms with E-state index in [1.165, 1.54) is 11.0 Å². The zero-order chi connectivity index (χ0) is 27.2. The molecule has 3 N–H and O–H groups in total. The Bertz CT molecular complexity index is 1290. The number of rotatable bonds is 8. The van der Waals surface area contributed by atoms with Crippen molar-refractivity contribution in [2.24, 2.45) is 5.92 Å². The molecule has 0 fully saturated rings. The average molecular weight is 580 g/mol. The van der Waals surface area contributed by atoms with Crippen LogP contribution in [0.5, 0.6) is 0 Å². The Hall–Kier alpha value is -2.91. The van der Waals surface area contributed by atoms with Crippen LogP contribution in [0.2, 0.25) is 0 Å². The number of carbonyl (C=O) groups is 2. The summed E-state index contributed by atoms with van der Waals surface area (Å²) in [5, 5.41) is 16.5. The van der Waals surface area contributed by atoms with Gasteiger partial charge in [0.15, 0.2) is 11.3 Å². The van der Waals surface area contributed by atoms with Gasteiger partial charge in [0.2, 0.25) is 9.70 Å². The van der Waals surface area contributed by atoms with Crippen LogP contribution in [0, 0.1) is 5.92 Å². The molecule has 11 heteroatoms. The fourth-order valence-corrected chi connectivity index (χ4v) is 4.55.